The minimum absolute atomic E-state index is 0.00431. The van der Waals surface area contributed by atoms with Gasteiger partial charge >= 0.3 is 0 Å². The average Bonchev–Trinajstić information content (AvgIpc) is 2.65. The molecule has 0 radical (unpaired) electrons. The van der Waals surface area contributed by atoms with Crippen molar-refractivity contribution in [2.45, 2.75) is 52.2 Å². The molecule has 0 fully saturated rings. The molecule has 150 valence electrons. The maximum Gasteiger partial charge on any atom is 0.242 e. The van der Waals surface area contributed by atoms with Crippen LogP contribution >= 0.6 is 23.2 Å². The highest BCUT2D eigenvalue weighted by molar-refractivity contribution is 6.31. The minimum Gasteiger partial charge on any atom is -0.352 e. The van der Waals surface area contributed by atoms with Gasteiger partial charge in [0.1, 0.15) is 6.04 Å². The molecule has 1 atom stereocenters. The van der Waals surface area contributed by atoms with Gasteiger partial charge in [-0.25, -0.2) is 0 Å². The third kappa shape index (κ3) is 6.25. The van der Waals surface area contributed by atoms with Crippen LogP contribution in [0.15, 0.2) is 48.5 Å². The zero-order chi connectivity index (χ0) is 20.7. The van der Waals surface area contributed by atoms with Crippen LogP contribution in [0.3, 0.4) is 0 Å². The summed E-state index contributed by atoms with van der Waals surface area (Å²) in [6, 6.07) is 14.2. The van der Waals surface area contributed by atoms with Crippen LogP contribution in [0.5, 0.6) is 0 Å². The maximum absolute atomic E-state index is 13.0. The highest BCUT2D eigenvalue weighted by atomic mass is 35.5. The summed E-state index contributed by atoms with van der Waals surface area (Å²) in [5.41, 5.74) is 1.72. The molecule has 2 aromatic rings. The molecule has 6 heteroatoms. The predicted octanol–water partition coefficient (Wildman–Crippen LogP) is 4.87. The number of rotatable bonds is 8. The third-order valence-corrected chi connectivity index (χ3v) is 5.20. The molecule has 0 aliphatic rings. The molecular formula is C22H26Cl2N2O2. The number of nitrogens with zero attached hydrogens (tertiary/aromatic N) is 1. The van der Waals surface area contributed by atoms with Crippen LogP contribution in [0.1, 0.15) is 38.3 Å². The van der Waals surface area contributed by atoms with E-state index in [1.165, 1.54) is 0 Å². The first kappa shape index (κ1) is 22.3. The lowest BCUT2D eigenvalue weighted by atomic mass is 10.1. The van der Waals surface area contributed by atoms with E-state index in [2.05, 4.69) is 5.32 Å². The molecule has 0 saturated heterocycles. The van der Waals surface area contributed by atoms with Gasteiger partial charge in [-0.3, -0.25) is 9.59 Å². The van der Waals surface area contributed by atoms with Crippen molar-refractivity contribution in [3.8, 4) is 0 Å². The Morgan fingerprint density at radius 2 is 1.46 bits per heavy atom. The van der Waals surface area contributed by atoms with E-state index in [9.17, 15) is 9.59 Å². The second kappa shape index (κ2) is 10.5. The third-order valence-electron chi connectivity index (χ3n) is 4.46. The van der Waals surface area contributed by atoms with E-state index in [1.807, 2.05) is 56.3 Å². The fourth-order valence-corrected chi connectivity index (χ4v) is 3.31. The predicted molar refractivity (Wildman–Crippen MR) is 115 cm³/mol. The number of carbonyl (C=O) groups is 2. The molecule has 0 spiro atoms. The molecule has 2 amide bonds. The molecule has 0 aromatic heterocycles. The molecule has 2 aromatic carbocycles. The largest absolute Gasteiger partial charge is 0.352 e. The van der Waals surface area contributed by atoms with E-state index in [-0.39, 0.29) is 30.8 Å². The Kier molecular flexibility index (Phi) is 8.34. The van der Waals surface area contributed by atoms with Crippen molar-refractivity contribution >= 4 is 35.0 Å². The fraction of sp³-hybridized carbons (Fsp3) is 0.364. The molecule has 4 nitrogen and oxygen atoms in total. The summed E-state index contributed by atoms with van der Waals surface area (Å²) in [7, 11) is 0. The van der Waals surface area contributed by atoms with Gasteiger partial charge in [-0.15, -0.1) is 0 Å². The lowest BCUT2D eigenvalue weighted by molar-refractivity contribution is -0.140. The number of hydrogen-bond acceptors (Lipinski definition) is 2. The summed E-state index contributed by atoms with van der Waals surface area (Å²) in [4.78, 5) is 27.2. The second-order valence-electron chi connectivity index (χ2n) is 7.04. The molecule has 1 N–H and O–H groups in total. The Morgan fingerprint density at radius 3 is 2.00 bits per heavy atom. The van der Waals surface area contributed by atoms with E-state index in [0.717, 1.165) is 11.1 Å². The Hall–Kier alpha value is -2.04. The summed E-state index contributed by atoms with van der Waals surface area (Å²) >= 11 is 12.5. The highest BCUT2D eigenvalue weighted by Gasteiger charge is 2.26. The molecule has 0 saturated carbocycles. The van der Waals surface area contributed by atoms with E-state index < -0.39 is 6.04 Å². The molecule has 0 unspecified atom stereocenters. The standard InChI is InChI=1S/C22H26Cl2N2O2/c1-15(2)25-22(28)16(3)26(14-18-9-5-7-11-20(18)24)21(27)13-12-17-8-4-6-10-19(17)23/h4-11,15-16H,12-14H2,1-3H3,(H,25,28)/t16-/m0/s1. The van der Waals surface area contributed by atoms with E-state index in [0.29, 0.717) is 16.5 Å². The number of benzene rings is 2. The van der Waals surface area contributed by atoms with Crippen LogP contribution in [-0.2, 0) is 22.6 Å². The molecule has 0 aliphatic carbocycles. The van der Waals surface area contributed by atoms with Crippen molar-refractivity contribution in [3.63, 3.8) is 0 Å². The number of hydrogen-bond donors (Lipinski definition) is 1. The Labute approximate surface area is 176 Å². The zero-order valence-corrected chi connectivity index (χ0v) is 17.9. The van der Waals surface area contributed by atoms with Gasteiger partial charge in [0.2, 0.25) is 11.8 Å². The first-order valence-electron chi connectivity index (χ1n) is 9.36. The van der Waals surface area contributed by atoms with E-state index in [4.69, 9.17) is 23.2 Å². The lowest BCUT2D eigenvalue weighted by Gasteiger charge is -2.29. The van der Waals surface area contributed by atoms with Crippen molar-refractivity contribution in [2.75, 3.05) is 0 Å². The molecular weight excluding hydrogens is 395 g/mol. The van der Waals surface area contributed by atoms with Crippen molar-refractivity contribution < 1.29 is 9.59 Å². The van der Waals surface area contributed by atoms with Crippen LogP contribution in [-0.4, -0.2) is 28.8 Å². The van der Waals surface area contributed by atoms with Crippen LogP contribution in [0.4, 0.5) is 0 Å². The first-order chi connectivity index (χ1) is 13.3. The smallest absolute Gasteiger partial charge is 0.242 e. The fourth-order valence-electron chi connectivity index (χ4n) is 2.88. The van der Waals surface area contributed by atoms with Gasteiger partial charge in [-0.05, 0) is 50.5 Å². The molecule has 0 aliphatic heterocycles. The molecule has 0 heterocycles. The van der Waals surface area contributed by atoms with Crippen molar-refractivity contribution in [1.82, 2.24) is 10.2 Å². The van der Waals surface area contributed by atoms with Crippen molar-refractivity contribution in [2.24, 2.45) is 0 Å². The van der Waals surface area contributed by atoms with Gasteiger partial charge in [0.25, 0.3) is 0 Å². The summed E-state index contributed by atoms with van der Waals surface area (Å²) < 4.78 is 0. The number of halogens is 2. The van der Waals surface area contributed by atoms with E-state index in [1.54, 1.807) is 17.9 Å². The number of aryl methyl sites for hydroxylation is 1. The zero-order valence-electron chi connectivity index (χ0n) is 16.4. The van der Waals surface area contributed by atoms with Crippen LogP contribution in [0.2, 0.25) is 10.0 Å². The van der Waals surface area contributed by atoms with Crippen molar-refractivity contribution in [3.05, 3.63) is 69.7 Å². The summed E-state index contributed by atoms with van der Waals surface area (Å²) in [6.45, 7) is 5.79. The van der Waals surface area contributed by atoms with E-state index >= 15 is 0 Å². The summed E-state index contributed by atoms with van der Waals surface area (Å²) in [5.74, 6) is -0.306. The Bertz CT molecular complexity index is 824. The minimum atomic E-state index is -0.614. The molecule has 0 bridgehead atoms. The van der Waals surface area contributed by atoms with Crippen LogP contribution < -0.4 is 5.32 Å². The topological polar surface area (TPSA) is 49.4 Å². The van der Waals surface area contributed by atoms with Gasteiger partial charge in [-0.2, -0.15) is 0 Å². The summed E-state index contributed by atoms with van der Waals surface area (Å²) in [5, 5.41) is 4.08. The molecule has 2 rings (SSSR count). The highest BCUT2D eigenvalue weighted by Crippen LogP contribution is 2.21. The summed E-state index contributed by atoms with van der Waals surface area (Å²) in [6.07, 6.45) is 0.767. The number of carbonyl (C=O) groups excluding carboxylic acids is 2. The Balaban J connectivity index is 2.18. The van der Waals surface area contributed by atoms with Crippen molar-refractivity contribution in [1.29, 1.82) is 0 Å². The normalized spacial score (nSPS) is 11.9. The van der Waals surface area contributed by atoms with Crippen LogP contribution in [0.25, 0.3) is 0 Å². The van der Waals surface area contributed by atoms with Gasteiger partial charge in [0.15, 0.2) is 0 Å². The SMILES string of the molecule is CC(C)NC(=O)[C@H](C)N(Cc1ccccc1Cl)C(=O)CCc1ccccc1Cl. The second-order valence-corrected chi connectivity index (χ2v) is 7.86. The number of amides is 2. The van der Waals surface area contributed by atoms with Gasteiger partial charge < -0.3 is 10.2 Å². The quantitative estimate of drug-likeness (QED) is 0.661. The average molecular weight is 421 g/mol. The van der Waals surface area contributed by atoms with Gasteiger partial charge in [0.05, 0.1) is 0 Å². The maximum atomic E-state index is 13.0. The molecule has 28 heavy (non-hydrogen) atoms. The van der Waals surface area contributed by atoms with Gasteiger partial charge in [0, 0.05) is 29.1 Å². The monoisotopic (exact) mass is 420 g/mol. The lowest BCUT2D eigenvalue weighted by Crippen LogP contribution is -2.49. The number of nitrogens with one attached hydrogen (secondary N) is 1. The Morgan fingerprint density at radius 1 is 0.929 bits per heavy atom. The van der Waals surface area contributed by atoms with Gasteiger partial charge in [-0.1, -0.05) is 59.6 Å². The first-order valence-corrected chi connectivity index (χ1v) is 10.1. The van der Waals surface area contributed by atoms with Crippen LogP contribution in [0, 0.1) is 0 Å².